The van der Waals surface area contributed by atoms with E-state index in [1.54, 1.807) is 16.8 Å². The van der Waals surface area contributed by atoms with Gasteiger partial charge in [-0.1, -0.05) is 17.7 Å². The number of hydrogen-bond donors (Lipinski definition) is 1. The minimum absolute atomic E-state index is 0.0470. The highest BCUT2D eigenvalue weighted by Gasteiger charge is 2.21. The van der Waals surface area contributed by atoms with Gasteiger partial charge in [0.2, 0.25) is 0 Å². The smallest absolute Gasteiger partial charge is 0.255 e. The number of amides is 1. The number of carbonyl (C=O) groups excluding carboxylic acids is 1. The molecule has 5 nitrogen and oxygen atoms in total. The molecule has 2 aromatic heterocycles. The molecule has 5 heteroatoms. The van der Waals surface area contributed by atoms with Crippen LogP contribution in [-0.2, 0) is 0 Å². The number of hydrogen-bond acceptors (Lipinski definition) is 3. The Bertz CT molecular complexity index is 853. The average molecular weight is 308 g/mol. The number of nitrogens with two attached hydrogens (primary N) is 1. The van der Waals surface area contributed by atoms with Crippen LogP contribution in [0.15, 0.2) is 36.1 Å². The van der Waals surface area contributed by atoms with E-state index in [4.69, 9.17) is 5.73 Å². The Balaban J connectivity index is 1.71. The molecule has 23 heavy (non-hydrogen) atoms. The first-order valence-corrected chi connectivity index (χ1v) is 8.07. The van der Waals surface area contributed by atoms with Crippen LogP contribution in [0.25, 0.3) is 11.1 Å². The molecule has 0 bridgehead atoms. The molecule has 1 aliphatic carbocycles. The van der Waals surface area contributed by atoms with Crippen LogP contribution in [0.3, 0.4) is 0 Å². The minimum atomic E-state index is 0.0470. The maximum Gasteiger partial charge on any atom is 0.255 e. The highest BCUT2D eigenvalue weighted by atomic mass is 16.2. The van der Waals surface area contributed by atoms with Gasteiger partial charge in [-0.2, -0.15) is 5.10 Å². The van der Waals surface area contributed by atoms with Gasteiger partial charge < -0.3 is 10.6 Å². The van der Waals surface area contributed by atoms with Crippen LogP contribution in [0, 0.1) is 0 Å². The predicted octanol–water partition coefficient (Wildman–Crippen LogP) is 2.89. The van der Waals surface area contributed by atoms with Crippen molar-refractivity contribution in [2.24, 2.45) is 0 Å². The van der Waals surface area contributed by atoms with E-state index in [0.717, 1.165) is 43.6 Å². The van der Waals surface area contributed by atoms with E-state index in [9.17, 15) is 4.79 Å². The largest absolute Gasteiger partial charge is 0.397 e. The van der Waals surface area contributed by atoms with Gasteiger partial charge in [-0.15, -0.1) is 0 Å². The zero-order valence-electron chi connectivity index (χ0n) is 13.2. The van der Waals surface area contributed by atoms with Gasteiger partial charge in [-0.25, -0.2) is 4.52 Å². The molecule has 1 saturated heterocycles. The molecule has 1 fully saturated rings. The number of fused-ring (bicyclic) bond motifs is 1. The van der Waals surface area contributed by atoms with Gasteiger partial charge in [0.1, 0.15) is 0 Å². The van der Waals surface area contributed by atoms with Crippen molar-refractivity contribution in [2.45, 2.75) is 26.2 Å². The molecule has 2 aromatic rings. The fraction of sp³-hybridized carbons (Fsp3) is 0.333. The molecular formula is C18H20N4O. The van der Waals surface area contributed by atoms with E-state index in [-0.39, 0.29) is 5.91 Å². The lowest BCUT2D eigenvalue weighted by atomic mass is 10.1. The first kappa shape index (κ1) is 14.1. The Labute approximate surface area is 135 Å². The summed E-state index contributed by atoms with van der Waals surface area (Å²) in [4.78, 5) is 14.4. The Morgan fingerprint density at radius 2 is 2.00 bits per heavy atom. The van der Waals surface area contributed by atoms with Crippen molar-refractivity contribution < 1.29 is 4.79 Å². The Morgan fingerprint density at radius 1 is 1.22 bits per heavy atom. The number of rotatable bonds is 2. The summed E-state index contributed by atoms with van der Waals surface area (Å²) in [7, 11) is 0. The van der Waals surface area contributed by atoms with Crippen LogP contribution in [0.1, 0.15) is 42.2 Å². The lowest BCUT2D eigenvalue weighted by Crippen LogP contribution is -2.28. The number of likely N-dealkylation sites (tertiary alicyclic amines) is 1. The van der Waals surface area contributed by atoms with Crippen molar-refractivity contribution in [3.05, 3.63) is 47.3 Å². The number of anilines is 1. The highest BCUT2D eigenvalue weighted by molar-refractivity contribution is 5.96. The van der Waals surface area contributed by atoms with Crippen LogP contribution in [-0.4, -0.2) is 33.5 Å². The summed E-state index contributed by atoms with van der Waals surface area (Å²) < 4.78 is 1.74. The number of allylic oxidation sites excluding steroid dienone is 4. The molecule has 1 aliphatic heterocycles. The molecule has 0 radical (unpaired) electrons. The first-order chi connectivity index (χ1) is 11.1. The molecule has 0 saturated carbocycles. The van der Waals surface area contributed by atoms with Gasteiger partial charge in [0, 0.05) is 19.3 Å². The predicted molar refractivity (Wildman–Crippen MR) is 91.1 cm³/mol. The molecule has 0 atom stereocenters. The lowest BCUT2D eigenvalue weighted by Gasteiger charge is -2.15. The number of pyridine rings is 1. The average Bonchev–Trinajstić information content (AvgIpc) is 3.25. The summed E-state index contributed by atoms with van der Waals surface area (Å²) in [6.07, 6.45) is 9.09. The van der Waals surface area contributed by atoms with Gasteiger partial charge in [-0.05, 0) is 43.9 Å². The zero-order chi connectivity index (χ0) is 16.0. The monoisotopic (exact) mass is 308 g/mol. The Kier molecular flexibility index (Phi) is 3.22. The van der Waals surface area contributed by atoms with E-state index < -0.39 is 0 Å². The van der Waals surface area contributed by atoms with E-state index in [1.165, 1.54) is 11.1 Å². The maximum absolute atomic E-state index is 12.6. The standard InChI is InChI=1S/C18H20N4O/c1-12-4-5-13(8-12)16-10-17-15(19)9-14(11-22(17)20-16)18(23)21-6-2-3-7-21/h4-5,9-11H,2-3,6-8,19H2,1H3. The summed E-state index contributed by atoms with van der Waals surface area (Å²) in [5.41, 5.74) is 11.7. The van der Waals surface area contributed by atoms with E-state index in [2.05, 4.69) is 24.2 Å². The fourth-order valence-corrected chi connectivity index (χ4v) is 3.33. The van der Waals surface area contributed by atoms with Crippen LogP contribution >= 0.6 is 0 Å². The minimum Gasteiger partial charge on any atom is -0.397 e. The Morgan fingerprint density at radius 3 is 2.70 bits per heavy atom. The highest BCUT2D eigenvalue weighted by Crippen LogP contribution is 2.29. The third-order valence-electron chi connectivity index (χ3n) is 4.61. The number of nitrogen functional groups attached to an aromatic ring is 1. The van der Waals surface area contributed by atoms with Crippen molar-refractivity contribution >= 4 is 22.7 Å². The van der Waals surface area contributed by atoms with E-state index in [1.807, 2.05) is 11.0 Å². The molecule has 2 N–H and O–H groups in total. The summed E-state index contributed by atoms with van der Waals surface area (Å²) in [5.74, 6) is 0.0470. The van der Waals surface area contributed by atoms with Crippen molar-refractivity contribution in [3.63, 3.8) is 0 Å². The maximum atomic E-state index is 12.6. The van der Waals surface area contributed by atoms with Crippen molar-refractivity contribution in [1.29, 1.82) is 0 Å². The van der Waals surface area contributed by atoms with Gasteiger partial charge in [0.15, 0.2) is 0 Å². The summed E-state index contributed by atoms with van der Waals surface area (Å²) in [6.45, 7) is 3.78. The Hall–Kier alpha value is -2.56. The molecule has 4 rings (SSSR count). The molecule has 0 spiro atoms. The van der Waals surface area contributed by atoms with E-state index >= 15 is 0 Å². The SMILES string of the molecule is CC1=CC=C(c2cc3c(N)cc(C(=O)N4CCCC4)cn3n2)C1. The second-order valence-electron chi connectivity index (χ2n) is 6.42. The second-order valence-corrected chi connectivity index (χ2v) is 6.42. The third-order valence-corrected chi connectivity index (χ3v) is 4.61. The summed E-state index contributed by atoms with van der Waals surface area (Å²) in [5, 5.41) is 4.62. The topological polar surface area (TPSA) is 63.6 Å². The van der Waals surface area contributed by atoms with E-state index in [0.29, 0.717) is 11.3 Å². The van der Waals surface area contributed by atoms with Gasteiger partial charge in [-0.3, -0.25) is 4.79 Å². The van der Waals surface area contributed by atoms with Crippen molar-refractivity contribution in [3.8, 4) is 0 Å². The van der Waals surface area contributed by atoms with Crippen LogP contribution in [0.4, 0.5) is 5.69 Å². The van der Waals surface area contributed by atoms with Crippen LogP contribution in [0.5, 0.6) is 0 Å². The molecule has 118 valence electrons. The zero-order valence-corrected chi connectivity index (χ0v) is 13.2. The molecule has 2 aliphatic rings. The molecule has 0 unspecified atom stereocenters. The summed E-state index contributed by atoms with van der Waals surface area (Å²) in [6, 6.07) is 3.77. The van der Waals surface area contributed by atoms with Crippen LogP contribution < -0.4 is 5.73 Å². The second kappa shape index (κ2) is 5.26. The summed E-state index contributed by atoms with van der Waals surface area (Å²) >= 11 is 0. The first-order valence-electron chi connectivity index (χ1n) is 8.07. The number of nitrogens with zero attached hydrogens (tertiary/aromatic N) is 3. The quantitative estimate of drug-likeness (QED) is 0.928. The lowest BCUT2D eigenvalue weighted by molar-refractivity contribution is 0.0792. The van der Waals surface area contributed by atoms with Crippen molar-refractivity contribution in [2.75, 3.05) is 18.8 Å². The molecule has 0 aromatic carbocycles. The number of aromatic nitrogens is 2. The van der Waals surface area contributed by atoms with Crippen molar-refractivity contribution in [1.82, 2.24) is 14.5 Å². The normalized spacial score (nSPS) is 17.7. The third kappa shape index (κ3) is 2.42. The van der Waals surface area contributed by atoms with Gasteiger partial charge in [0.05, 0.1) is 22.5 Å². The molecule has 3 heterocycles. The van der Waals surface area contributed by atoms with Crippen LogP contribution in [0.2, 0.25) is 0 Å². The van der Waals surface area contributed by atoms with Gasteiger partial charge >= 0.3 is 0 Å². The number of carbonyl (C=O) groups is 1. The van der Waals surface area contributed by atoms with Gasteiger partial charge in [0.25, 0.3) is 5.91 Å². The molecule has 1 amide bonds. The fourth-order valence-electron chi connectivity index (χ4n) is 3.33. The molecular weight excluding hydrogens is 288 g/mol.